The first kappa shape index (κ1) is 26.8. The molecule has 2 heterocycles. The number of aromatic nitrogens is 1. The Hall–Kier alpha value is -3.24. The van der Waals surface area contributed by atoms with Crippen LogP contribution in [0.1, 0.15) is 50.9 Å². The van der Waals surface area contributed by atoms with Crippen LogP contribution in [-0.4, -0.2) is 56.1 Å². The lowest BCUT2D eigenvalue weighted by atomic mass is 9.97. The molecule has 2 amide bonds. The number of sulfone groups is 1. The Kier molecular flexibility index (Phi) is 8.29. The molecule has 8 nitrogen and oxygen atoms in total. The van der Waals surface area contributed by atoms with Gasteiger partial charge in [-0.1, -0.05) is 18.2 Å². The van der Waals surface area contributed by atoms with Crippen LogP contribution in [0, 0.1) is 13.8 Å². The lowest BCUT2D eigenvalue weighted by Crippen LogP contribution is -2.40. The lowest BCUT2D eigenvalue weighted by molar-refractivity contribution is -0.134. The monoisotopic (exact) mass is 541 g/mol. The Morgan fingerprint density at radius 3 is 2.43 bits per heavy atom. The number of nitrogens with zero attached hydrogens (tertiary/aromatic N) is 2. The van der Waals surface area contributed by atoms with Crippen LogP contribution in [0.5, 0.6) is 5.75 Å². The smallest absolute Gasteiger partial charge is 0.271 e. The average Bonchev–Trinajstić information content (AvgIpc) is 3.38. The van der Waals surface area contributed by atoms with Crippen LogP contribution < -0.4 is 10.1 Å². The van der Waals surface area contributed by atoms with E-state index in [2.05, 4.69) is 10.3 Å². The topological polar surface area (TPSA) is 106 Å². The Morgan fingerprint density at radius 1 is 1.08 bits per heavy atom. The van der Waals surface area contributed by atoms with Crippen molar-refractivity contribution in [3.63, 3.8) is 0 Å². The van der Waals surface area contributed by atoms with E-state index in [0.717, 1.165) is 35.2 Å². The molecule has 1 fully saturated rings. The number of amides is 2. The third-order valence-electron chi connectivity index (χ3n) is 6.60. The maximum absolute atomic E-state index is 12.6. The van der Waals surface area contributed by atoms with Crippen molar-refractivity contribution in [3.8, 4) is 5.75 Å². The van der Waals surface area contributed by atoms with E-state index in [9.17, 15) is 18.0 Å². The van der Waals surface area contributed by atoms with Gasteiger partial charge in [0.05, 0.1) is 9.90 Å². The van der Waals surface area contributed by atoms with Gasteiger partial charge in [0.25, 0.3) is 11.8 Å². The Balaban J connectivity index is 1.24. The zero-order chi connectivity index (χ0) is 26.6. The molecule has 0 radical (unpaired) electrons. The third kappa shape index (κ3) is 6.95. The number of carbonyl (C=O) groups excluding carboxylic acids is 2. The molecular weight excluding hydrogens is 510 g/mol. The summed E-state index contributed by atoms with van der Waals surface area (Å²) in [5, 5.41) is 5.49. The van der Waals surface area contributed by atoms with E-state index >= 15 is 0 Å². The van der Waals surface area contributed by atoms with Crippen molar-refractivity contribution in [2.75, 3.05) is 26.0 Å². The van der Waals surface area contributed by atoms with Gasteiger partial charge in [-0.05, 0) is 67.6 Å². The van der Waals surface area contributed by atoms with Crippen LogP contribution in [0.2, 0.25) is 0 Å². The Morgan fingerprint density at radius 2 is 1.78 bits per heavy atom. The minimum absolute atomic E-state index is 0.0196. The molecule has 0 aliphatic carbocycles. The summed E-state index contributed by atoms with van der Waals surface area (Å²) in [6.45, 7) is 5.61. The number of ether oxygens (including phenoxy) is 1. The second-order valence-corrected chi connectivity index (χ2v) is 12.3. The first-order valence-electron chi connectivity index (χ1n) is 12.1. The van der Waals surface area contributed by atoms with Crippen molar-refractivity contribution < 1.29 is 22.7 Å². The highest BCUT2D eigenvalue weighted by Gasteiger charge is 2.26. The van der Waals surface area contributed by atoms with Gasteiger partial charge in [0.15, 0.2) is 16.4 Å². The molecule has 0 atom stereocenters. The summed E-state index contributed by atoms with van der Waals surface area (Å²) < 4.78 is 28.9. The van der Waals surface area contributed by atoms with Gasteiger partial charge in [-0.3, -0.25) is 9.59 Å². The van der Waals surface area contributed by atoms with Gasteiger partial charge in [-0.15, -0.1) is 11.3 Å². The van der Waals surface area contributed by atoms with E-state index in [4.69, 9.17) is 4.74 Å². The third-order valence-corrected chi connectivity index (χ3v) is 8.73. The fourth-order valence-corrected chi connectivity index (χ4v) is 5.72. The molecule has 4 rings (SSSR count). The second-order valence-electron chi connectivity index (χ2n) is 9.36. The molecule has 0 bridgehead atoms. The number of hydrogen-bond donors (Lipinski definition) is 1. The highest BCUT2D eigenvalue weighted by atomic mass is 32.2. The normalized spacial score (nSPS) is 14.4. The highest BCUT2D eigenvalue weighted by molar-refractivity contribution is 7.90. The fraction of sp³-hybridized carbons (Fsp3) is 0.370. The molecular formula is C27H31N3O5S2. The van der Waals surface area contributed by atoms with Gasteiger partial charge in [-0.2, -0.15) is 0 Å². The number of rotatable bonds is 8. The van der Waals surface area contributed by atoms with Crippen LogP contribution in [-0.2, 0) is 21.2 Å². The second kappa shape index (κ2) is 11.4. The van der Waals surface area contributed by atoms with E-state index in [0.29, 0.717) is 24.5 Å². The van der Waals surface area contributed by atoms with E-state index in [1.165, 1.54) is 29.0 Å². The summed E-state index contributed by atoms with van der Waals surface area (Å²) in [5.41, 5.74) is 3.48. The van der Waals surface area contributed by atoms with E-state index < -0.39 is 9.84 Å². The number of thiazole rings is 1. The number of benzene rings is 2. The summed E-state index contributed by atoms with van der Waals surface area (Å²) in [4.78, 5) is 31.8. The number of carbonyl (C=O) groups is 2. The van der Waals surface area contributed by atoms with Crippen molar-refractivity contribution in [3.05, 3.63) is 75.2 Å². The molecule has 1 saturated heterocycles. The summed E-state index contributed by atoms with van der Waals surface area (Å²) in [6.07, 6.45) is 2.74. The Labute approximate surface area is 221 Å². The molecule has 1 N–H and O–H groups in total. The minimum atomic E-state index is -3.25. The Bertz CT molecular complexity index is 1380. The number of aryl methyl sites for hydroxylation is 2. The van der Waals surface area contributed by atoms with Crippen LogP contribution in [0.25, 0.3) is 0 Å². The van der Waals surface area contributed by atoms with Crippen molar-refractivity contribution >= 4 is 33.0 Å². The van der Waals surface area contributed by atoms with Crippen LogP contribution in [0.15, 0.2) is 52.7 Å². The van der Waals surface area contributed by atoms with Gasteiger partial charge in [0.2, 0.25) is 0 Å². The molecule has 1 aromatic heterocycles. The summed E-state index contributed by atoms with van der Waals surface area (Å²) >= 11 is 1.46. The molecule has 0 spiro atoms. The van der Waals surface area contributed by atoms with Gasteiger partial charge in [-0.25, -0.2) is 13.4 Å². The van der Waals surface area contributed by atoms with E-state index in [1.54, 1.807) is 17.5 Å². The first-order valence-corrected chi connectivity index (χ1v) is 14.9. The van der Waals surface area contributed by atoms with E-state index in [1.807, 2.05) is 36.9 Å². The standard InChI is InChI=1S/C27H31N3O5S2/c1-18-4-7-22(14-19(18)2)35-16-25(31)30-12-10-21(11-13-30)27-29-24(17-36-27)26(32)28-15-20-5-8-23(9-6-20)37(3,33)34/h4-9,14,17,21H,10-13,15-16H2,1-3H3,(H,28,32). The van der Waals surface area contributed by atoms with Crippen LogP contribution >= 0.6 is 11.3 Å². The fourth-order valence-electron chi connectivity index (χ4n) is 4.12. The maximum atomic E-state index is 12.6. The van der Waals surface area contributed by atoms with E-state index in [-0.39, 0.29) is 35.8 Å². The van der Waals surface area contributed by atoms with Gasteiger partial charge in [0, 0.05) is 37.2 Å². The zero-order valence-electron chi connectivity index (χ0n) is 21.2. The predicted octanol–water partition coefficient (Wildman–Crippen LogP) is 3.88. The molecule has 10 heteroatoms. The summed E-state index contributed by atoms with van der Waals surface area (Å²) in [5.74, 6) is 0.608. The predicted molar refractivity (Wildman–Crippen MR) is 143 cm³/mol. The molecule has 1 aliphatic rings. The van der Waals surface area contributed by atoms with Crippen molar-refractivity contribution in [2.24, 2.45) is 0 Å². The van der Waals surface area contributed by atoms with Crippen LogP contribution in [0.3, 0.4) is 0 Å². The highest BCUT2D eigenvalue weighted by Crippen LogP contribution is 2.30. The van der Waals surface area contributed by atoms with Crippen molar-refractivity contribution in [1.29, 1.82) is 0 Å². The molecule has 37 heavy (non-hydrogen) atoms. The average molecular weight is 542 g/mol. The largest absolute Gasteiger partial charge is 0.484 e. The first-order chi connectivity index (χ1) is 17.6. The molecule has 0 unspecified atom stereocenters. The molecule has 1 aliphatic heterocycles. The maximum Gasteiger partial charge on any atom is 0.271 e. The van der Waals surface area contributed by atoms with Gasteiger partial charge < -0.3 is 15.0 Å². The van der Waals surface area contributed by atoms with Crippen molar-refractivity contribution in [1.82, 2.24) is 15.2 Å². The summed E-state index contributed by atoms with van der Waals surface area (Å²) in [6, 6.07) is 12.2. The lowest BCUT2D eigenvalue weighted by Gasteiger charge is -2.31. The van der Waals surface area contributed by atoms with Gasteiger partial charge in [0.1, 0.15) is 11.4 Å². The zero-order valence-corrected chi connectivity index (χ0v) is 22.8. The molecule has 196 valence electrons. The molecule has 0 saturated carbocycles. The van der Waals surface area contributed by atoms with Crippen LogP contribution in [0.4, 0.5) is 0 Å². The molecule has 2 aromatic carbocycles. The van der Waals surface area contributed by atoms with Gasteiger partial charge >= 0.3 is 0 Å². The van der Waals surface area contributed by atoms with Crippen molar-refractivity contribution in [2.45, 2.75) is 44.0 Å². The summed E-state index contributed by atoms with van der Waals surface area (Å²) in [7, 11) is -3.25. The molecule has 3 aromatic rings. The number of hydrogen-bond acceptors (Lipinski definition) is 7. The minimum Gasteiger partial charge on any atom is -0.484 e. The quantitative estimate of drug-likeness (QED) is 0.464. The number of likely N-dealkylation sites (tertiary alicyclic amines) is 1. The number of piperidine rings is 1. The number of nitrogens with one attached hydrogen (secondary N) is 1. The SMILES string of the molecule is Cc1ccc(OCC(=O)N2CCC(c3nc(C(=O)NCc4ccc(S(C)(=O)=O)cc4)cs3)CC2)cc1C.